The number of hydrogen-bond donors (Lipinski definition) is 1. The monoisotopic (exact) mass is 235 g/mol. The number of rotatable bonds is 2. The molecule has 0 bridgehead atoms. The van der Waals surface area contributed by atoms with Crippen molar-refractivity contribution in [3.63, 3.8) is 0 Å². The Morgan fingerprint density at radius 1 is 1.40 bits per heavy atom. The molecule has 0 heterocycles. The number of carboxylic acid groups (broad SMARTS) is 1. The van der Waals surface area contributed by atoms with Crippen LogP contribution in [-0.2, 0) is 11.3 Å². The fourth-order valence-electron chi connectivity index (χ4n) is 0.762. The van der Waals surface area contributed by atoms with Crippen LogP contribution in [0.5, 0.6) is 5.75 Å². The van der Waals surface area contributed by atoms with Crippen LogP contribution in [0, 0.1) is 0 Å². The average molecular weight is 235 g/mol. The molecule has 4 nitrogen and oxygen atoms in total. The van der Waals surface area contributed by atoms with Crippen molar-refractivity contribution in [1.29, 1.82) is 0 Å². The van der Waals surface area contributed by atoms with Gasteiger partial charge in [-0.05, 0) is 24.6 Å². The summed E-state index contributed by atoms with van der Waals surface area (Å²) in [7, 11) is 1.65. The van der Waals surface area contributed by atoms with Gasteiger partial charge in [0.05, 0.1) is 7.11 Å². The van der Waals surface area contributed by atoms with Gasteiger partial charge in [0.25, 0.3) is 0 Å². The third-order valence-electron chi connectivity index (χ3n) is 1.39. The first-order valence-electron chi connectivity index (χ1n) is 4.10. The maximum Gasteiger partial charge on any atom is 1.00 e. The van der Waals surface area contributed by atoms with Gasteiger partial charge in [-0.25, -0.2) is 0 Å². The van der Waals surface area contributed by atoms with Crippen LogP contribution >= 0.6 is 0 Å². The molecule has 0 aliphatic heterocycles. The molecule has 0 aliphatic carbocycles. The molecule has 5 heteroatoms. The van der Waals surface area contributed by atoms with Crippen LogP contribution in [0.25, 0.3) is 0 Å². The smallest absolute Gasteiger partial charge is 0.550 e. The molecule has 0 unspecified atom stereocenters. The summed E-state index contributed by atoms with van der Waals surface area (Å²) >= 11 is 0. The molecule has 0 saturated carbocycles. The summed E-state index contributed by atoms with van der Waals surface area (Å²) in [5, 5.41) is 8.89. The minimum absolute atomic E-state index is 0. The summed E-state index contributed by atoms with van der Waals surface area (Å²) < 4.78 is 4.97. The van der Waals surface area contributed by atoms with Gasteiger partial charge in [0.2, 0.25) is 0 Å². The molecule has 0 amide bonds. The van der Waals surface area contributed by atoms with Crippen LogP contribution in [-0.4, -0.2) is 13.1 Å². The van der Waals surface area contributed by atoms with E-state index in [1.807, 2.05) is 24.3 Å². The minimum atomic E-state index is -1.08. The summed E-state index contributed by atoms with van der Waals surface area (Å²) in [4.78, 5) is 8.89. The Labute approximate surface area is 132 Å². The first kappa shape index (κ1) is 17.5. The first-order valence-corrected chi connectivity index (χ1v) is 4.10. The molecular weight excluding hydrogens is 221 g/mol. The van der Waals surface area contributed by atoms with Gasteiger partial charge in [0.15, 0.2) is 0 Å². The molecule has 0 radical (unpaired) electrons. The van der Waals surface area contributed by atoms with Gasteiger partial charge in [-0.15, -0.1) is 0 Å². The Bertz CT molecular complexity index is 248. The maximum atomic E-state index is 8.89. The zero-order chi connectivity index (χ0) is 11.0. The Kier molecular flexibility index (Phi) is 12.4. The molecule has 1 aromatic carbocycles. The molecule has 15 heavy (non-hydrogen) atoms. The predicted octanol–water partition coefficient (Wildman–Crippen LogP) is -3.09. The van der Waals surface area contributed by atoms with Crippen LogP contribution in [0.3, 0.4) is 0 Å². The van der Waals surface area contributed by atoms with Crippen molar-refractivity contribution in [3.8, 4) is 5.75 Å². The zero-order valence-corrected chi connectivity index (χ0v) is 12.4. The number of carboxylic acids is 1. The third kappa shape index (κ3) is 10.4. The van der Waals surface area contributed by atoms with E-state index in [0.717, 1.165) is 18.2 Å². The van der Waals surface area contributed by atoms with Gasteiger partial charge < -0.3 is 20.4 Å². The second kappa shape index (κ2) is 10.6. The SMILES string of the molecule is CC(=O)[O-].COc1ccc(CN)cc1.[K+]. The van der Waals surface area contributed by atoms with Crippen LogP contribution < -0.4 is 67.0 Å². The molecule has 0 aromatic heterocycles. The second-order valence-electron chi connectivity index (χ2n) is 2.54. The number of carbonyl (C=O) groups is 1. The molecule has 0 aliphatic rings. The van der Waals surface area contributed by atoms with Crippen molar-refractivity contribution in [2.75, 3.05) is 7.11 Å². The van der Waals surface area contributed by atoms with E-state index in [2.05, 4.69) is 0 Å². The Balaban J connectivity index is 0. The summed E-state index contributed by atoms with van der Waals surface area (Å²) in [6, 6.07) is 7.72. The van der Waals surface area contributed by atoms with Crippen LogP contribution in [0.4, 0.5) is 0 Å². The fraction of sp³-hybridized carbons (Fsp3) is 0.300. The van der Waals surface area contributed by atoms with Gasteiger partial charge in [-0.3, -0.25) is 0 Å². The van der Waals surface area contributed by atoms with Crippen LogP contribution in [0.15, 0.2) is 24.3 Å². The normalized spacial score (nSPS) is 7.93. The molecule has 78 valence electrons. The van der Waals surface area contributed by atoms with Crippen molar-refractivity contribution in [3.05, 3.63) is 29.8 Å². The van der Waals surface area contributed by atoms with Crippen molar-refractivity contribution in [1.82, 2.24) is 0 Å². The molecule has 0 saturated heterocycles. The van der Waals surface area contributed by atoms with Crippen LogP contribution in [0.1, 0.15) is 12.5 Å². The number of ether oxygens (including phenoxy) is 1. The largest absolute Gasteiger partial charge is 1.00 e. The number of hydrogen-bond acceptors (Lipinski definition) is 4. The van der Waals surface area contributed by atoms with Gasteiger partial charge in [0.1, 0.15) is 5.75 Å². The average Bonchev–Trinajstić information content (AvgIpc) is 2.17. The first-order chi connectivity index (χ1) is 6.60. The van der Waals surface area contributed by atoms with Crippen molar-refractivity contribution >= 4 is 5.97 Å². The van der Waals surface area contributed by atoms with E-state index in [-0.39, 0.29) is 51.4 Å². The van der Waals surface area contributed by atoms with Gasteiger partial charge in [-0.1, -0.05) is 12.1 Å². The summed E-state index contributed by atoms with van der Waals surface area (Å²) in [6.45, 7) is 1.56. The Morgan fingerprint density at radius 2 is 1.80 bits per heavy atom. The summed E-state index contributed by atoms with van der Waals surface area (Å²) in [6.07, 6.45) is 0. The van der Waals surface area contributed by atoms with E-state index >= 15 is 0 Å². The topological polar surface area (TPSA) is 75.4 Å². The number of benzene rings is 1. The zero-order valence-electron chi connectivity index (χ0n) is 9.32. The van der Waals surface area contributed by atoms with E-state index < -0.39 is 5.97 Å². The Morgan fingerprint density at radius 3 is 2.07 bits per heavy atom. The van der Waals surface area contributed by atoms with E-state index in [1.165, 1.54) is 0 Å². The van der Waals surface area contributed by atoms with E-state index in [9.17, 15) is 0 Å². The van der Waals surface area contributed by atoms with Crippen molar-refractivity contribution < 1.29 is 66.0 Å². The minimum Gasteiger partial charge on any atom is -0.550 e. The molecule has 0 spiro atoms. The number of methoxy groups -OCH3 is 1. The molecule has 1 aromatic rings. The molecule has 2 N–H and O–H groups in total. The number of aliphatic carboxylic acids is 1. The predicted molar refractivity (Wildman–Crippen MR) is 51.6 cm³/mol. The Hall–Kier alpha value is 0.0864. The van der Waals surface area contributed by atoms with Gasteiger partial charge in [0, 0.05) is 12.5 Å². The van der Waals surface area contributed by atoms with Crippen molar-refractivity contribution in [2.24, 2.45) is 5.73 Å². The maximum absolute atomic E-state index is 8.89. The van der Waals surface area contributed by atoms with Crippen molar-refractivity contribution in [2.45, 2.75) is 13.5 Å². The van der Waals surface area contributed by atoms with Crippen LogP contribution in [0.2, 0.25) is 0 Å². The number of nitrogens with two attached hydrogens (primary N) is 1. The number of carbonyl (C=O) groups excluding carboxylic acids is 1. The van der Waals surface area contributed by atoms with Gasteiger partial charge >= 0.3 is 51.4 Å². The molecular formula is C10H14KNO3. The molecule has 1 rings (SSSR count). The quantitative estimate of drug-likeness (QED) is 0.551. The molecule has 0 fully saturated rings. The summed E-state index contributed by atoms with van der Waals surface area (Å²) in [5.41, 5.74) is 6.53. The molecule has 0 atom stereocenters. The standard InChI is InChI=1S/C8H11NO.C2H4O2.K/c1-10-8-4-2-7(6-9)3-5-8;1-2(3)4;/h2-5H,6,9H2,1H3;1H3,(H,3,4);/q;;+1/p-1. The van der Waals surface area contributed by atoms with E-state index in [4.69, 9.17) is 20.4 Å². The third-order valence-corrected chi connectivity index (χ3v) is 1.39. The summed E-state index contributed by atoms with van der Waals surface area (Å²) in [5.74, 6) is -0.211. The van der Waals surface area contributed by atoms with Gasteiger partial charge in [-0.2, -0.15) is 0 Å². The van der Waals surface area contributed by atoms with E-state index in [0.29, 0.717) is 6.54 Å². The fourth-order valence-corrected chi connectivity index (χ4v) is 0.762. The second-order valence-corrected chi connectivity index (χ2v) is 2.54. The van der Waals surface area contributed by atoms with E-state index in [1.54, 1.807) is 7.11 Å².